The van der Waals surface area contributed by atoms with Crippen molar-refractivity contribution in [2.45, 2.75) is 37.8 Å². The summed E-state index contributed by atoms with van der Waals surface area (Å²) in [5.41, 5.74) is 0.161. The molecule has 1 aliphatic heterocycles. The lowest BCUT2D eigenvalue weighted by atomic mass is 9.90. The number of fused-ring (bicyclic) bond motifs is 1. The Bertz CT molecular complexity index is 590. The quantitative estimate of drug-likeness (QED) is 0.679. The predicted molar refractivity (Wildman–Crippen MR) is 85.3 cm³/mol. The molecule has 0 spiro atoms. The van der Waals surface area contributed by atoms with Crippen molar-refractivity contribution in [3.63, 3.8) is 0 Å². The van der Waals surface area contributed by atoms with Crippen LogP contribution in [0.5, 0.6) is 0 Å². The monoisotopic (exact) mass is 319 g/mol. The Morgan fingerprint density at radius 3 is 2.96 bits per heavy atom. The SMILES string of the molecule is O=C(CN1CCO[C@@H]2CCCC[C@H]21)Nc1ccccc1[N+](=O)[O-]. The number of carbonyl (C=O) groups is 1. The van der Waals surface area contributed by atoms with Crippen molar-refractivity contribution < 1.29 is 14.5 Å². The minimum absolute atomic E-state index is 0.0848. The molecule has 0 aromatic heterocycles. The molecule has 1 aliphatic carbocycles. The van der Waals surface area contributed by atoms with Crippen LogP contribution in [-0.4, -0.2) is 47.6 Å². The molecule has 3 rings (SSSR count). The van der Waals surface area contributed by atoms with Gasteiger partial charge in [-0.25, -0.2) is 0 Å². The largest absolute Gasteiger partial charge is 0.375 e. The van der Waals surface area contributed by atoms with Gasteiger partial charge in [0.05, 0.1) is 24.2 Å². The van der Waals surface area contributed by atoms with E-state index in [1.54, 1.807) is 18.2 Å². The standard InChI is InChI=1S/C16H21N3O4/c20-16(17-12-5-1-2-6-13(12)19(21)22)11-18-9-10-23-15-8-4-3-7-14(15)18/h1-2,5-6,14-15H,3-4,7-11H2,(H,17,20)/t14-,15-/m1/s1. The smallest absolute Gasteiger partial charge is 0.292 e. The minimum atomic E-state index is -0.485. The van der Waals surface area contributed by atoms with Crippen molar-refractivity contribution in [1.82, 2.24) is 4.90 Å². The zero-order chi connectivity index (χ0) is 16.2. The number of nitrogens with one attached hydrogen (secondary N) is 1. The van der Waals surface area contributed by atoms with Gasteiger partial charge in [-0.15, -0.1) is 0 Å². The molecule has 0 unspecified atom stereocenters. The molecule has 2 aliphatic rings. The van der Waals surface area contributed by atoms with Gasteiger partial charge in [0.15, 0.2) is 0 Å². The van der Waals surface area contributed by atoms with Crippen LogP contribution in [0.3, 0.4) is 0 Å². The highest BCUT2D eigenvalue weighted by Gasteiger charge is 2.35. The summed E-state index contributed by atoms with van der Waals surface area (Å²) in [4.78, 5) is 25.0. The normalized spacial score (nSPS) is 24.7. The van der Waals surface area contributed by atoms with Crippen LogP contribution < -0.4 is 5.32 Å². The lowest BCUT2D eigenvalue weighted by molar-refractivity contribution is -0.383. The highest BCUT2D eigenvalue weighted by Crippen LogP contribution is 2.28. The maximum atomic E-state index is 12.3. The summed E-state index contributed by atoms with van der Waals surface area (Å²) >= 11 is 0. The molecule has 0 bridgehead atoms. The summed E-state index contributed by atoms with van der Waals surface area (Å²) in [6, 6.07) is 6.49. The predicted octanol–water partition coefficient (Wildman–Crippen LogP) is 2.18. The van der Waals surface area contributed by atoms with E-state index in [2.05, 4.69) is 10.2 Å². The molecular weight excluding hydrogens is 298 g/mol. The van der Waals surface area contributed by atoms with Gasteiger partial charge in [-0.1, -0.05) is 25.0 Å². The van der Waals surface area contributed by atoms with Gasteiger partial charge in [0.25, 0.3) is 5.69 Å². The van der Waals surface area contributed by atoms with E-state index in [0.29, 0.717) is 6.61 Å². The molecule has 1 heterocycles. The molecule has 1 saturated carbocycles. The van der Waals surface area contributed by atoms with Crippen molar-refractivity contribution in [2.24, 2.45) is 0 Å². The topological polar surface area (TPSA) is 84.7 Å². The molecule has 2 fully saturated rings. The van der Waals surface area contributed by atoms with Crippen molar-refractivity contribution >= 4 is 17.3 Å². The Labute approximate surface area is 134 Å². The van der Waals surface area contributed by atoms with E-state index >= 15 is 0 Å². The molecule has 23 heavy (non-hydrogen) atoms. The third kappa shape index (κ3) is 3.68. The van der Waals surface area contributed by atoms with E-state index in [4.69, 9.17) is 4.74 Å². The maximum absolute atomic E-state index is 12.3. The van der Waals surface area contributed by atoms with Gasteiger partial charge in [-0.3, -0.25) is 19.8 Å². The minimum Gasteiger partial charge on any atom is -0.375 e. The van der Waals surface area contributed by atoms with Gasteiger partial charge in [-0.05, 0) is 18.9 Å². The average Bonchev–Trinajstić information content (AvgIpc) is 2.55. The number of hydrogen-bond donors (Lipinski definition) is 1. The molecule has 7 nitrogen and oxygen atoms in total. The number of rotatable bonds is 4. The third-order valence-corrected chi connectivity index (χ3v) is 4.57. The molecular formula is C16H21N3O4. The number of nitro benzene ring substituents is 1. The van der Waals surface area contributed by atoms with Gasteiger partial charge in [0, 0.05) is 18.7 Å². The lowest BCUT2D eigenvalue weighted by Crippen LogP contribution is -2.54. The number of para-hydroxylation sites is 2. The molecule has 2 atom stereocenters. The highest BCUT2D eigenvalue weighted by molar-refractivity contribution is 5.94. The van der Waals surface area contributed by atoms with Crippen LogP contribution >= 0.6 is 0 Å². The Kier molecular flexibility index (Phi) is 4.88. The zero-order valence-electron chi connectivity index (χ0n) is 12.9. The number of morpholine rings is 1. The molecule has 1 amide bonds. The van der Waals surface area contributed by atoms with Crippen LogP contribution in [-0.2, 0) is 9.53 Å². The number of amides is 1. The van der Waals surface area contributed by atoms with Crippen molar-refractivity contribution in [2.75, 3.05) is 25.0 Å². The van der Waals surface area contributed by atoms with Gasteiger partial charge in [-0.2, -0.15) is 0 Å². The first-order chi connectivity index (χ1) is 11.1. The first-order valence-electron chi connectivity index (χ1n) is 8.04. The summed E-state index contributed by atoms with van der Waals surface area (Å²) in [5, 5.41) is 13.7. The first kappa shape index (κ1) is 15.9. The van der Waals surface area contributed by atoms with Gasteiger partial charge in [0.1, 0.15) is 5.69 Å². The number of nitrogens with zero attached hydrogens (tertiary/aromatic N) is 2. The molecule has 124 valence electrons. The Hall–Kier alpha value is -1.99. The van der Waals surface area contributed by atoms with Crippen LogP contribution in [0.25, 0.3) is 0 Å². The van der Waals surface area contributed by atoms with Crippen molar-refractivity contribution in [1.29, 1.82) is 0 Å². The molecule has 1 aromatic carbocycles. The number of carbonyl (C=O) groups excluding carboxylic acids is 1. The second kappa shape index (κ2) is 7.06. The van der Waals surface area contributed by atoms with E-state index in [0.717, 1.165) is 25.8 Å². The van der Waals surface area contributed by atoms with Crippen LogP contribution in [0.2, 0.25) is 0 Å². The summed E-state index contributed by atoms with van der Waals surface area (Å²) in [6.45, 7) is 1.61. The van der Waals surface area contributed by atoms with E-state index in [9.17, 15) is 14.9 Å². The maximum Gasteiger partial charge on any atom is 0.292 e. The van der Waals surface area contributed by atoms with E-state index in [1.165, 1.54) is 12.5 Å². The third-order valence-electron chi connectivity index (χ3n) is 4.57. The van der Waals surface area contributed by atoms with Crippen molar-refractivity contribution in [3.05, 3.63) is 34.4 Å². The number of benzene rings is 1. The van der Waals surface area contributed by atoms with Crippen LogP contribution in [0, 0.1) is 10.1 Å². The number of hydrogen-bond acceptors (Lipinski definition) is 5. The van der Waals surface area contributed by atoms with E-state index in [1.807, 2.05) is 0 Å². The zero-order valence-corrected chi connectivity index (χ0v) is 12.9. The Balaban J connectivity index is 1.64. The number of anilines is 1. The Morgan fingerprint density at radius 1 is 1.35 bits per heavy atom. The van der Waals surface area contributed by atoms with E-state index < -0.39 is 4.92 Å². The van der Waals surface area contributed by atoms with Gasteiger partial charge in [0.2, 0.25) is 5.91 Å². The fraction of sp³-hybridized carbons (Fsp3) is 0.562. The lowest BCUT2D eigenvalue weighted by Gasteiger charge is -2.43. The highest BCUT2D eigenvalue weighted by atomic mass is 16.6. The molecule has 1 aromatic rings. The fourth-order valence-electron chi connectivity index (χ4n) is 3.49. The molecule has 7 heteroatoms. The summed E-state index contributed by atoms with van der Waals surface area (Å²) in [5.74, 6) is -0.217. The van der Waals surface area contributed by atoms with Crippen LogP contribution in [0.1, 0.15) is 25.7 Å². The molecule has 1 saturated heterocycles. The second-order valence-electron chi connectivity index (χ2n) is 6.05. The van der Waals surface area contributed by atoms with Crippen LogP contribution in [0.4, 0.5) is 11.4 Å². The Morgan fingerprint density at radius 2 is 2.13 bits per heavy atom. The van der Waals surface area contributed by atoms with Crippen molar-refractivity contribution in [3.8, 4) is 0 Å². The fourth-order valence-corrected chi connectivity index (χ4v) is 3.49. The van der Waals surface area contributed by atoms with Gasteiger partial charge >= 0.3 is 0 Å². The number of ether oxygens (including phenoxy) is 1. The van der Waals surface area contributed by atoms with Crippen LogP contribution in [0.15, 0.2) is 24.3 Å². The molecule has 0 radical (unpaired) electrons. The number of nitro groups is 1. The second-order valence-corrected chi connectivity index (χ2v) is 6.05. The van der Waals surface area contributed by atoms with E-state index in [-0.39, 0.29) is 36.0 Å². The summed E-state index contributed by atoms with van der Waals surface area (Å²) in [7, 11) is 0. The molecule has 1 N–H and O–H groups in total. The summed E-state index contributed by atoms with van der Waals surface area (Å²) in [6.07, 6.45) is 4.65. The van der Waals surface area contributed by atoms with Gasteiger partial charge < -0.3 is 10.1 Å². The summed E-state index contributed by atoms with van der Waals surface area (Å²) < 4.78 is 5.80. The first-order valence-corrected chi connectivity index (χ1v) is 8.04. The average molecular weight is 319 g/mol.